The Labute approximate surface area is 180 Å². The van der Waals surface area contributed by atoms with Crippen LogP contribution in [0.1, 0.15) is 22.3 Å². The minimum atomic E-state index is -0.256. The number of hydrogen-bond donors (Lipinski definition) is 0. The fourth-order valence-electron chi connectivity index (χ4n) is 3.18. The average Bonchev–Trinajstić information content (AvgIpc) is 3.01. The molecule has 0 spiro atoms. The van der Waals surface area contributed by atoms with Gasteiger partial charge in [-0.05, 0) is 53.6 Å². The predicted octanol–water partition coefficient (Wildman–Crippen LogP) is 5.81. The third kappa shape index (κ3) is 4.81. The zero-order chi connectivity index (χ0) is 20.9. The molecule has 4 rings (SSSR count). The maximum absolute atomic E-state index is 12.7. The Bertz CT molecular complexity index is 1090. The van der Waals surface area contributed by atoms with Crippen molar-refractivity contribution in [3.63, 3.8) is 0 Å². The van der Waals surface area contributed by atoms with Crippen molar-refractivity contribution in [2.24, 2.45) is 0 Å². The summed E-state index contributed by atoms with van der Waals surface area (Å²) in [6.45, 7) is 2.84. The van der Waals surface area contributed by atoms with E-state index in [1.165, 1.54) is 10.5 Å². The Hall–Kier alpha value is -3.31. The van der Waals surface area contributed by atoms with E-state index in [0.717, 1.165) is 34.2 Å². The Kier molecular flexibility index (Phi) is 6.00. The molecule has 1 aliphatic heterocycles. The molecule has 0 bridgehead atoms. The van der Waals surface area contributed by atoms with Crippen LogP contribution in [-0.4, -0.2) is 16.0 Å². The number of aryl methyl sites for hydroxylation is 1. The summed E-state index contributed by atoms with van der Waals surface area (Å²) in [6, 6.07) is 25.2. The maximum atomic E-state index is 12.7. The number of carbonyl (C=O) groups is 2. The van der Waals surface area contributed by atoms with E-state index in [2.05, 4.69) is 19.1 Å². The van der Waals surface area contributed by atoms with Crippen molar-refractivity contribution in [2.45, 2.75) is 20.1 Å². The molecule has 5 heteroatoms. The molecule has 2 amide bonds. The highest BCUT2D eigenvalue weighted by atomic mass is 32.2. The summed E-state index contributed by atoms with van der Waals surface area (Å²) in [5.74, 6) is 0.500. The van der Waals surface area contributed by atoms with E-state index in [1.54, 1.807) is 6.08 Å². The molecule has 1 aliphatic rings. The van der Waals surface area contributed by atoms with E-state index in [-0.39, 0.29) is 17.7 Å². The molecule has 0 unspecified atom stereocenters. The molecule has 0 N–H and O–H groups in total. The predicted molar refractivity (Wildman–Crippen MR) is 120 cm³/mol. The number of thioether (sulfide) groups is 1. The molecule has 30 heavy (non-hydrogen) atoms. The van der Waals surface area contributed by atoms with Gasteiger partial charge in [-0.2, -0.15) is 0 Å². The van der Waals surface area contributed by atoms with E-state index >= 15 is 0 Å². The number of nitrogens with zero attached hydrogens (tertiary/aromatic N) is 1. The fourth-order valence-corrected chi connectivity index (χ4v) is 4.02. The molecule has 1 fully saturated rings. The first-order chi connectivity index (χ1) is 14.6. The Morgan fingerprint density at radius 1 is 0.900 bits per heavy atom. The number of carbonyl (C=O) groups excluding carboxylic acids is 2. The van der Waals surface area contributed by atoms with Crippen molar-refractivity contribution in [3.8, 4) is 5.75 Å². The molecule has 0 atom stereocenters. The summed E-state index contributed by atoms with van der Waals surface area (Å²) < 4.78 is 5.84. The van der Waals surface area contributed by atoms with Gasteiger partial charge in [0.2, 0.25) is 0 Å². The molecule has 3 aromatic rings. The monoisotopic (exact) mass is 415 g/mol. The largest absolute Gasteiger partial charge is 0.489 e. The Morgan fingerprint density at radius 3 is 2.37 bits per heavy atom. The Morgan fingerprint density at radius 2 is 1.63 bits per heavy atom. The van der Waals surface area contributed by atoms with Crippen molar-refractivity contribution < 1.29 is 14.3 Å². The zero-order valence-electron chi connectivity index (χ0n) is 16.6. The van der Waals surface area contributed by atoms with E-state index in [0.29, 0.717) is 11.5 Å². The van der Waals surface area contributed by atoms with Crippen LogP contribution in [0, 0.1) is 6.92 Å². The molecule has 150 valence electrons. The summed E-state index contributed by atoms with van der Waals surface area (Å²) in [7, 11) is 0. The van der Waals surface area contributed by atoms with E-state index in [9.17, 15) is 9.59 Å². The third-order valence-electron chi connectivity index (χ3n) is 4.72. The van der Waals surface area contributed by atoms with Crippen LogP contribution in [0.2, 0.25) is 0 Å². The smallest absolute Gasteiger partial charge is 0.293 e. The van der Waals surface area contributed by atoms with Gasteiger partial charge in [-0.3, -0.25) is 14.5 Å². The average molecular weight is 416 g/mol. The number of benzene rings is 3. The molecular formula is C25H21NO3S. The summed E-state index contributed by atoms with van der Waals surface area (Å²) in [5.41, 5.74) is 4.10. The summed E-state index contributed by atoms with van der Waals surface area (Å²) >= 11 is 0.976. The van der Waals surface area contributed by atoms with Gasteiger partial charge in [-0.1, -0.05) is 72.3 Å². The number of imide groups is 1. The highest BCUT2D eigenvalue weighted by molar-refractivity contribution is 8.18. The highest BCUT2D eigenvalue weighted by Crippen LogP contribution is 2.33. The van der Waals surface area contributed by atoms with Crippen LogP contribution >= 0.6 is 11.8 Å². The molecule has 0 radical (unpaired) electrons. The second-order valence-corrected chi connectivity index (χ2v) is 8.09. The standard InChI is InChI=1S/C25H21NO3S/c1-18-6-5-9-21(14-18)17-29-22-12-10-19(11-13-22)15-23-24(27)26(25(28)30-23)16-20-7-3-2-4-8-20/h2-15H,16-17H2,1H3/b23-15+. The van der Waals surface area contributed by atoms with Crippen LogP contribution < -0.4 is 4.74 Å². The summed E-state index contributed by atoms with van der Waals surface area (Å²) in [4.78, 5) is 26.7. The zero-order valence-corrected chi connectivity index (χ0v) is 17.4. The minimum absolute atomic E-state index is 0.242. The first kappa shape index (κ1) is 20.0. The molecular weight excluding hydrogens is 394 g/mol. The molecule has 0 saturated carbocycles. The molecule has 0 aliphatic carbocycles. The second kappa shape index (κ2) is 9.01. The van der Waals surface area contributed by atoms with Crippen LogP contribution in [0.15, 0.2) is 83.8 Å². The van der Waals surface area contributed by atoms with Crippen LogP contribution in [-0.2, 0) is 17.9 Å². The van der Waals surface area contributed by atoms with Crippen molar-refractivity contribution in [3.05, 3.63) is 106 Å². The molecule has 1 saturated heterocycles. The van der Waals surface area contributed by atoms with Gasteiger partial charge in [0.15, 0.2) is 0 Å². The number of hydrogen-bond acceptors (Lipinski definition) is 4. The number of ether oxygens (including phenoxy) is 1. The van der Waals surface area contributed by atoms with Crippen LogP contribution in [0.25, 0.3) is 6.08 Å². The van der Waals surface area contributed by atoms with Gasteiger partial charge in [0.05, 0.1) is 11.4 Å². The van der Waals surface area contributed by atoms with E-state index in [1.807, 2.05) is 66.7 Å². The lowest BCUT2D eigenvalue weighted by molar-refractivity contribution is -0.123. The molecule has 3 aromatic carbocycles. The van der Waals surface area contributed by atoms with Gasteiger partial charge in [0, 0.05) is 0 Å². The molecule has 4 nitrogen and oxygen atoms in total. The quantitative estimate of drug-likeness (QED) is 0.477. The molecule has 0 aromatic heterocycles. The summed E-state index contributed by atoms with van der Waals surface area (Å²) in [6.07, 6.45) is 1.75. The first-order valence-electron chi connectivity index (χ1n) is 9.66. The van der Waals surface area contributed by atoms with Crippen molar-refractivity contribution in [2.75, 3.05) is 0 Å². The summed E-state index contributed by atoms with van der Waals surface area (Å²) in [5, 5.41) is -0.242. The van der Waals surface area contributed by atoms with Gasteiger partial charge in [0.25, 0.3) is 11.1 Å². The number of amides is 2. The van der Waals surface area contributed by atoms with Gasteiger partial charge >= 0.3 is 0 Å². The fraction of sp³-hybridized carbons (Fsp3) is 0.120. The minimum Gasteiger partial charge on any atom is -0.489 e. The second-order valence-electron chi connectivity index (χ2n) is 7.10. The van der Waals surface area contributed by atoms with Crippen LogP contribution in [0.5, 0.6) is 5.75 Å². The van der Waals surface area contributed by atoms with E-state index in [4.69, 9.17) is 4.74 Å². The normalized spacial score (nSPS) is 15.1. The third-order valence-corrected chi connectivity index (χ3v) is 5.63. The van der Waals surface area contributed by atoms with E-state index < -0.39 is 0 Å². The maximum Gasteiger partial charge on any atom is 0.293 e. The lowest BCUT2D eigenvalue weighted by Gasteiger charge is -2.12. The van der Waals surface area contributed by atoms with Crippen molar-refractivity contribution >= 4 is 29.0 Å². The lowest BCUT2D eigenvalue weighted by atomic mass is 10.1. The van der Waals surface area contributed by atoms with Gasteiger partial charge in [-0.25, -0.2) is 0 Å². The lowest BCUT2D eigenvalue weighted by Crippen LogP contribution is -2.27. The van der Waals surface area contributed by atoms with Gasteiger partial charge in [0.1, 0.15) is 12.4 Å². The van der Waals surface area contributed by atoms with Crippen molar-refractivity contribution in [1.82, 2.24) is 4.90 Å². The van der Waals surface area contributed by atoms with Crippen molar-refractivity contribution in [1.29, 1.82) is 0 Å². The highest BCUT2D eigenvalue weighted by Gasteiger charge is 2.34. The van der Waals surface area contributed by atoms with Crippen LogP contribution in [0.4, 0.5) is 4.79 Å². The first-order valence-corrected chi connectivity index (χ1v) is 10.5. The number of rotatable bonds is 6. The SMILES string of the molecule is Cc1cccc(COc2ccc(/C=C3/SC(=O)N(Cc4ccccc4)C3=O)cc2)c1. The topological polar surface area (TPSA) is 46.6 Å². The molecule has 1 heterocycles. The van der Waals surface area contributed by atoms with Crippen LogP contribution in [0.3, 0.4) is 0 Å². The van der Waals surface area contributed by atoms with Gasteiger partial charge < -0.3 is 4.74 Å². The van der Waals surface area contributed by atoms with Gasteiger partial charge in [-0.15, -0.1) is 0 Å². The Balaban J connectivity index is 1.40.